The molecule has 0 amide bonds. The van der Waals surface area contributed by atoms with Crippen molar-refractivity contribution in [1.29, 1.82) is 0 Å². The van der Waals surface area contributed by atoms with Gasteiger partial charge in [0, 0.05) is 6.54 Å². The van der Waals surface area contributed by atoms with Crippen LogP contribution in [0.2, 0.25) is 0 Å². The lowest BCUT2D eigenvalue weighted by atomic mass is 10.0. The molecule has 120 valence electrons. The first-order valence-electron chi connectivity index (χ1n) is 8.10. The molecular formula is C22H21NO. The smallest absolute Gasteiger partial charge is 0.0787 e. The van der Waals surface area contributed by atoms with E-state index in [4.69, 9.17) is 0 Å². The minimum Gasteiger partial charge on any atom is -0.313 e. The molecule has 0 aliphatic rings. The van der Waals surface area contributed by atoms with Crippen molar-refractivity contribution >= 4 is 6.08 Å². The Bertz CT molecular complexity index is 754. The molecule has 24 heavy (non-hydrogen) atoms. The predicted molar refractivity (Wildman–Crippen MR) is 98.4 cm³/mol. The van der Waals surface area contributed by atoms with E-state index < -0.39 is 0 Å². The monoisotopic (exact) mass is 315 g/mol. The molecule has 0 saturated heterocycles. The molecule has 0 aromatic heterocycles. The maximum absolute atomic E-state index is 10.7. The molecule has 2 nitrogen and oxygen atoms in total. The third-order valence-corrected chi connectivity index (χ3v) is 3.92. The standard InChI is InChI=1S/C22H21NO/c24-23(18-20-12-6-2-7-13-20)22(21-14-8-3-9-15-21)17-16-19-10-4-1-5-11-19/h1-17,22,24H,18H2/b17-16+/t22-/m1/s1. The first kappa shape index (κ1) is 16.2. The van der Waals surface area contributed by atoms with Crippen LogP contribution in [0, 0.1) is 0 Å². The Kier molecular flexibility index (Phi) is 5.56. The fourth-order valence-corrected chi connectivity index (χ4v) is 2.67. The molecule has 0 spiro atoms. The van der Waals surface area contributed by atoms with Crippen molar-refractivity contribution < 1.29 is 5.21 Å². The summed E-state index contributed by atoms with van der Waals surface area (Å²) in [5.41, 5.74) is 3.25. The van der Waals surface area contributed by atoms with Crippen molar-refractivity contribution in [3.63, 3.8) is 0 Å². The summed E-state index contributed by atoms with van der Waals surface area (Å²) >= 11 is 0. The summed E-state index contributed by atoms with van der Waals surface area (Å²) in [7, 11) is 0. The van der Waals surface area contributed by atoms with E-state index in [1.807, 2.05) is 91.0 Å². The summed E-state index contributed by atoms with van der Waals surface area (Å²) in [6.45, 7) is 0.472. The maximum atomic E-state index is 10.7. The molecule has 0 heterocycles. The van der Waals surface area contributed by atoms with Gasteiger partial charge in [0.25, 0.3) is 0 Å². The van der Waals surface area contributed by atoms with Gasteiger partial charge in [0.15, 0.2) is 0 Å². The summed E-state index contributed by atoms with van der Waals surface area (Å²) in [4.78, 5) is 0. The van der Waals surface area contributed by atoms with Crippen molar-refractivity contribution in [3.8, 4) is 0 Å². The van der Waals surface area contributed by atoms with Crippen LogP contribution in [-0.4, -0.2) is 10.3 Å². The molecule has 1 N–H and O–H groups in total. The van der Waals surface area contributed by atoms with Crippen LogP contribution in [0.15, 0.2) is 97.1 Å². The zero-order valence-corrected chi connectivity index (χ0v) is 13.5. The molecule has 0 saturated carbocycles. The van der Waals surface area contributed by atoms with Gasteiger partial charge in [-0.1, -0.05) is 103 Å². The van der Waals surface area contributed by atoms with Crippen LogP contribution in [0.25, 0.3) is 6.08 Å². The number of hydroxylamine groups is 2. The Hall–Kier alpha value is -2.68. The largest absolute Gasteiger partial charge is 0.313 e. The summed E-state index contributed by atoms with van der Waals surface area (Å²) < 4.78 is 0. The zero-order chi connectivity index (χ0) is 16.6. The van der Waals surface area contributed by atoms with Crippen molar-refractivity contribution in [2.45, 2.75) is 12.6 Å². The van der Waals surface area contributed by atoms with Crippen LogP contribution >= 0.6 is 0 Å². The Morgan fingerprint density at radius 1 is 0.750 bits per heavy atom. The van der Waals surface area contributed by atoms with E-state index in [9.17, 15) is 5.21 Å². The molecule has 0 radical (unpaired) electrons. The average molecular weight is 315 g/mol. The first-order chi connectivity index (χ1) is 11.8. The molecular weight excluding hydrogens is 294 g/mol. The van der Waals surface area contributed by atoms with Gasteiger partial charge in [-0.3, -0.25) is 0 Å². The minimum atomic E-state index is -0.202. The van der Waals surface area contributed by atoms with Crippen molar-refractivity contribution in [2.75, 3.05) is 0 Å². The fourth-order valence-electron chi connectivity index (χ4n) is 2.67. The number of hydrogen-bond donors (Lipinski definition) is 1. The highest BCUT2D eigenvalue weighted by Crippen LogP contribution is 2.23. The molecule has 3 rings (SSSR count). The van der Waals surface area contributed by atoms with E-state index >= 15 is 0 Å². The molecule has 1 atom stereocenters. The summed E-state index contributed by atoms with van der Waals surface area (Å²) in [5.74, 6) is 0. The first-order valence-corrected chi connectivity index (χ1v) is 8.10. The predicted octanol–water partition coefficient (Wildman–Crippen LogP) is 5.33. The van der Waals surface area contributed by atoms with Gasteiger partial charge in [-0.15, -0.1) is 0 Å². The van der Waals surface area contributed by atoms with Crippen molar-refractivity contribution in [3.05, 3.63) is 114 Å². The van der Waals surface area contributed by atoms with Crippen LogP contribution in [0.5, 0.6) is 0 Å². The Labute approximate surface area is 143 Å². The third-order valence-electron chi connectivity index (χ3n) is 3.92. The lowest BCUT2D eigenvalue weighted by Crippen LogP contribution is -2.23. The Balaban J connectivity index is 1.83. The lowest BCUT2D eigenvalue weighted by molar-refractivity contribution is -0.123. The van der Waals surface area contributed by atoms with E-state index in [0.717, 1.165) is 16.7 Å². The molecule has 3 aromatic carbocycles. The molecule has 0 aliphatic carbocycles. The Morgan fingerprint density at radius 3 is 1.92 bits per heavy atom. The van der Waals surface area contributed by atoms with Crippen LogP contribution < -0.4 is 0 Å². The quantitative estimate of drug-likeness (QED) is 0.621. The highest BCUT2D eigenvalue weighted by Gasteiger charge is 2.16. The second-order valence-electron chi connectivity index (χ2n) is 5.71. The molecule has 3 aromatic rings. The minimum absolute atomic E-state index is 0.202. The zero-order valence-electron chi connectivity index (χ0n) is 13.5. The van der Waals surface area contributed by atoms with E-state index in [1.165, 1.54) is 5.06 Å². The molecule has 0 bridgehead atoms. The average Bonchev–Trinajstić information content (AvgIpc) is 2.64. The van der Waals surface area contributed by atoms with Gasteiger partial charge in [-0.25, -0.2) is 0 Å². The molecule has 2 heteroatoms. The molecule has 0 aliphatic heterocycles. The van der Waals surface area contributed by atoms with Crippen LogP contribution in [0.4, 0.5) is 0 Å². The van der Waals surface area contributed by atoms with Gasteiger partial charge in [0.2, 0.25) is 0 Å². The van der Waals surface area contributed by atoms with E-state index in [0.29, 0.717) is 6.54 Å². The molecule has 0 fully saturated rings. The topological polar surface area (TPSA) is 23.5 Å². The van der Waals surface area contributed by atoms with Crippen molar-refractivity contribution in [2.24, 2.45) is 0 Å². The Morgan fingerprint density at radius 2 is 1.29 bits per heavy atom. The van der Waals surface area contributed by atoms with Crippen molar-refractivity contribution in [1.82, 2.24) is 5.06 Å². The normalized spacial score (nSPS) is 12.6. The number of benzene rings is 3. The highest BCUT2D eigenvalue weighted by atomic mass is 16.5. The SMILES string of the molecule is ON(Cc1ccccc1)[C@H](/C=C/c1ccccc1)c1ccccc1. The van der Waals surface area contributed by atoms with Gasteiger partial charge >= 0.3 is 0 Å². The van der Waals surface area contributed by atoms with E-state index in [-0.39, 0.29) is 6.04 Å². The van der Waals surface area contributed by atoms with Gasteiger partial charge in [-0.05, 0) is 16.7 Å². The third kappa shape index (κ3) is 4.42. The summed E-state index contributed by atoms with van der Waals surface area (Å²) in [6, 6.07) is 30.0. The van der Waals surface area contributed by atoms with Gasteiger partial charge in [0.1, 0.15) is 0 Å². The van der Waals surface area contributed by atoms with E-state index in [1.54, 1.807) is 0 Å². The molecule has 0 unspecified atom stereocenters. The highest BCUT2D eigenvalue weighted by molar-refractivity contribution is 5.50. The van der Waals surface area contributed by atoms with Crippen LogP contribution in [-0.2, 0) is 6.54 Å². The van der Waals surface area contributed by atoms with Gasteiger partial charge in [-0.2, -0.15) is 5.06 Å². The fraction of sp³-hybridized carbons (Fsp3) is 0.0909. The lowest BCUT2D eigenvalue weighted by Gasteiger charge is -2.24. The van der Waals surface area contributed by atoms with E-state index in [2.05, 4.69) is 12.1 Å². The van der Waals surface area contributed by atoms with Crippen LogP contribution in [0.1, 0.15) is 22.7 Å². The van der Waals surface area contributed by atoms with Crippen LogP contribution in [0.3, 0.4) is 0 Å². The number of rotatable bonds is 6. The second kappa shape index (κ2) is 8.25. The number of hydrogen-bond acceptors (Lipinski definition) is 2. The maximum Gasteiger partial charge on any atom is 0.0787 e. The number of nitrogens with zero attached hydrogens (tertiary/aromatic N) is 1. The van der Waals surface area contributed by atoms with Gasteiger partial charge in [0.05, 0.1) is 6.04 Å². The second-order valence-corrected chi connectivity index (χ2v) is 5.71. The summed E-state index contributed by atoms with van der Waals surface area (Å²) in [6.07, 6.45) is 4.08. The summed E-state index contributed by atoms with van der Waals surface area (Å²) in [5, 5.41) is 12.1. The van der Waals surface area contributed by atoms with Gasteiger partial charge < -0.3 is 5.21 Å².